The Hall–Kier alpha value is -2.10. The first kappa shape index (κ1) is 9.45. The summed E-state index contributed by atoms with van der Waals surface area (Å²) in [6.45, 7) is 1.88. The van der Waals surface area contributed by atoms with Gasteiger partial charge in [0.15, 0.2) is 0 Å². The second kappa shape index (κ2) is 3.57. The highest BCUT2D eigenvalue weighted by Gasteiger charge is 2.10. The lowest BCUT2D eigenvalue weighted by atomic mass is 10.0. The van der Waals surface area contributed by atoms with E-state index >= 15 is 0 Å². The van der Waals surface area contributed by atoms with E-state index in [4.69, 9.17) is 0 Å². The lowest BCUT2D eigenvalue weighted by Crippen LogP contribution is -2.10. The molecular formula is C11H10N2O2. The summed E-state index contributed by atoms with van der Waals surface area (Å²) in [6, 6.07) is 7.38. The van der Waals surface area contributed by atoms with Gasteiger partial charge in [-0.05, 0) is 18.1 Å². The van der Waals surface area contributed by atoms with E-state index in [-0.39, 0.29) is 16.9 Å². The SMILES string of the molecule is Cc1ccccc1-c1c(O)cn[nH]c1=O. The molecule has 4 heteroatoms. The topological polar surface area (TPSA) is 66.0 Å². The lowest BCUT2D eigenvalue weighted by Gasteiger charge is -2.05. The number of hydrogen-bond acceptors (Lipinski definition) is 3. The van der Waals surface area contributed by atoms with Gasteiger partial charge in [0.25, 0.3) is 5.56 Å². The molecule has 0 aliphatic carbocycles. The van der Waals surface area contributed by atoms with Crippen LogP contribution in [-0.4, -0.2) is 15.3 Å². The van der Waals surface area contributed by atoms with Crippen LogP contribution in [0.5, 0.6) is 5.75 Å². The van der Waals surface area contributed by atoms with Crippen molar-refractivity contribution in [3.63, 3.8) is 0 Å². The van der Waals surface area contributed by atoms with E-state index < -0.39 is 0 Å². The molecule has 4 nitrogen and oxygen atoms in total. The molecule has 0 atom stereocenters. The average Bonchev–Trinajstić information content (AvgIpc) is 2.20. The van der Waals surface area contributed by atoms with Crippen LogP contribution in [0.3, 0.4) is 0 Å². The van der Waals surface area contributed by atoms with Crippen molar-refractivity contribution in [2.45, 2.75) is 6.92 Å². The van der Waals surface area contributed by atoms with Gasteiger partial charge < -0.3 is 5.11 Å². The molecule has 1 aromatic heterocycles. The monoisotopic (exact) mass is 202 g/mol. The van der Waals surface area contributed by atoms with Gasteiger partial charge in [0, 0.05) is 0 Å². The molecule has 2 rings (SSSR count). The summed E-state index contributed by atoms with van der Waals surface area (Å²) in [5.41, 5.74) is 1.54. The smallest absolute Gasteiger partial charge is 0.275 e. The minimum atomic E-state index is -0.385. The predicted molar refractivity (Wildman–Crippen MR) is 56.7 cm³/mol. The molecule has 76 valence electrons. The van der Waals surface area contributed by atoms with Gasteiger partial charge >= 0.3 is 0 Å². The third-order valence-corrected chi connectivity index (χ3v) is 2.25. The minimum absolute atomic E-state index is 0.104. The molecule has 0 saturated heterocycles. The predicted octanol–water partition coefficient (Wildman–Crippen LogP) is 1.45. The van der Waals surface area contributed by atoms with E-state index in [0.717, 1.165) is 11.1 Å². The Morgan fingerprint density at radius 2 is 2.07 bits per heavy atom. The molecule has 2 N–H and O–H groups in total. The molecular weight excluding hydrogens is 192 g/mol. The fraction of sp³-hybridized carbons (Fsp3) is 0.0909. The minimum Gasteiger partial charge on any atom is -0.505 e. The van der Waals surface area contributed by atoms with Crippen LogP contribution in [0.25, 0.3) is 11.1 Å². The highest BCUT2D eigenvalue weighted by molar-refractivity contribution is 5.71. The molecule has 15 heavy (non-hydrogen) atoms. The number of aromatic hydroxyl groups is 1. The number of nitrogens with one attached hydrogen (secondary N) is 1. The number of hydrogen-bond donors (Lipinski definition) is 2. The quantitative estimate of drug-likeness (QED) is 0.735. The molecule has 0 fully saturated rings. The number of benzene rings is 1. The van der Waals surface area contributed by atoms with Crippen LogP contribution >= 0.6 is 0 Å². The van der Waals surface area contributed by atoms with E-state index in [9.17, 15) is 9.90 Å². The van der Waals surface area contributed by atoms with Gasteiger partial charge in [-0.25, -0.2) is 5.10 Å². The molecule has 1 heterocycles. The summed E-state index contributed by atoms with van der Waals surface area (Å²) in [4.78, 5) is 11.5. The van der Waals surface area contributed by atoms with Gasteiger partial charge in [-0.15, -0.1) is 0 Å². The third-order valence-electron chi connectivity index (χ3n) is 2.25. The van der Waals surface area contributed by atoms with Crippen molar-refractivity contribution in [2.24, 2.45) is 0 Å². The van der Waals surface area contributed by atoms with Crippen molar-refractivity contribution in [1.29, 1.82) is 0 Å². The summed E-state index contributed by atoms with van der Waals surface area (Å²) in [5.74, 6) is -0.104. The van der Waals surface area contributed by atoms with Gasteiger partial charge in [-0.2, -0.15) is 5.10 Å². The van der Waals surface area contributed by atoms with Crippen molar-refractivity contribution in [3.05, 3.63) is 46.4 Å². The van der Waals surface area contributed by atoms with Gasteiger partial charge in [0.2, 0.25) is 0 Å². The molecule has 0 unspecified atom stereocenters. The molecule has 0 saturated carbocycles. The highest BCUT2D eigenvalue weighted by Crippen LogP contribution is 2.26. The number of rotatable bonds is 1. The van der Waals surface area contributed by atoms with E-state index in [1.54, 1.807) is 6.07 Å². The van der Waals surface area contributed by atoms with Crippen molar-refractivity contribution >= 4 is 0 Å². The van der Waals surface area contributed by atoms with E-state index in [1.165, 1.54) is 6.20 Å². The maximum absolute atomic E-state index is 11.5. The van der Waals surface area contributed by atoms with Crippen molar-refractivity contribution in [2.75, 3.05) is 0 Å². The second-order valence-electron chi connectivity index (χ2n) is 3.27. The Morgan fingerprint density at radius 3 is 2.73 bits per heavy atom. The van der Waals surface area contributed by atoms with Crippen LogP contribution in [0, 0.1) is 6.92 Å². The van der Waals surface area contributed by atoms with Crippen LogP contribution in [0.1, 0.15) is 5.56 Å². The molecule has 0 aliphatic rings. The van der Waals surface area contributed by atoms with Gasteiger partial charge in [0.05, 0.1) is 11.8 Å². The maximum Gasteiger partial charge on any atom is 0.275 e. The standard InChI is InChI=1S/C11H10N2O2/c1-7-4-2-3-5-8(7)10-9(14)6-12-13-11(10)15/h2-6H,1H3,(H2,13,14,15). The molecule has 2 aromatic rings. The summed E-state index contributed by atoms with van der Waals surface area (Å²) >= 11 is 0. The summed E-state index contributed by atoms with van der Waals surface area (Å²) in [5, 5.41) is 15.4. The zero-order chi connectivity index (χ0) is 10.8. The highest BCUT2D eigenvalue weighted by atomic mass is 16.3. The molecule has 0 radical (unpaired) electrons. The number of aromatic amines is 1. The van der Waals surface area contributed by atoms with Crippen LogP contribution < -0.4 is 5.56 Å². The van der Waals surface area contributed by atoms with Gasteiger partial charge in [0.1, 0.15) is 5.75 Å². The first-order valence-electron chi connectivity index (χ1n) is 4.53. The molecule has 0 amide bonds. The van der Waals surface area contributed by atoms with E-state index in [1.807, 2.05) is 25.1 Å². The molecule has 0 bridgehead atoms. The Labute approximate surface area is 86.2 Å². The average molecular weight is 202 g/mol. The Morgan fingerprint density at radius 1 is 1.33 bits per heavy atom. The zero-order valence-corrected chi connectivity index (χ0v) is 8.19. The van der Waals surface area contributed by atoms with Crippen LogP contribution in [-0.2, 0) is 0 Å². The number of aromatic nitrogens is 2. The fourth-order valence-electron chi connectivity index (χ4n) is 1.50. The van der Waals surface area contributed by atoms with Crippen LogP contribution in [0.2, 0.25) is 0 Å². The summed E-state index contributed by atoms with van der Waals surface area (Å²) < 4.78 is 0. The first-order chi connectivity index (χ1) is 7.20. The van der Waals surface area contributed by atoms with Crippen LogP contribution in [0.4, 0.5) is 0 Å². The lowest BCUT2D eigenvalue weighted by molar-refractivity contribution is 0.471. The van der Waals surface area contributed by atoms with Crippen molar-refractivity contribution in [1.82, 2.24) is 10.2 Å². The number of H-pyrrole nitrogens is 1. The largest absolute Gasteiger partial charge is 0.505 e. The zero-order valence-electron chi connectivity index (χ0n) is 8.19. The molecule has 0 aliphatic heterocycles. The molecule has 1 aromatic carbocycles. The number of aryl methyl sites for hydroxylation is 1. The van der Waals surface area contributed by atoms with Gasteiger partial charge in [-0.1, -0.05) is 24.3 Å². The summed E-state index contributed by atoms with van der Waals surface area (Å²) in [6.07, 6.45) is 1.23. The maximum atomic E-state index is 11.5. The van der Waals surface area contributed by atoms with Gasteiger partial charge in [-0.3, -0.25) is 4.79 Å². The van der Waals surface area contributed by atoms with Crippen molar-refractivity contribution < 1.29 is 5.11 Å². The molecule has 0 spiro atoms. The Kier molecular flexibility index (Phi) is 2.25. The number of nitrogens with zero attached hydrogens (tertiary/aromatic N) is 1. The Balaban J connectivity index is 2.75. The summed E-state index contributed by atoms with van der Waals surface area (Å²) in [7, 11) is 0. The van der Waals surface area contributed by atoms with Crippen molar-refractivity contribution in [3.8, 4) is 16.9 Å². The fourth-order valence-corrected chi connectivity index (χ4v) is 1.50. The Bertz CT molecular complexity index is 546. The third kappa shape index (κ3) is 1.61. The van der Waals surface area contributed by atoms with E-state index in [0.29, 0.717) is 0 Å². The normalized spacial score (nSPS) is 10.2. The first-order valence-corrected chi connectivity index (χ1v) is 4.53. The van der Waals surface area contributed by atoms with Crippen LogP contribution in [0.15, 0.2) is 35.3 Å². The second-order valence-corrected chi connectivity index (χ2v) is 3.27. The van der Waals surface area contributed by atoms with E-state index in [2.05, 4.69) is 10.2 Å².